The fourth-order valence-electron chi connectivity index (χ4n) is 1.98. The number of aliphatic carboxylic acids is 1. The summed E-state index contributed by atoms with van der Waals surface area (Å²) in [6.45, 7) is 5.29. The number of nitro groups is 1. The average Bonchev–Trinajstić information content (AvgIpc) is 2.45. The van der Waals surface area contributed by atoms with Crippen molar-refractivity contribution in [2.45, 2.75) is 33.2 Å². The molecule has 9 nitrogen and oxygen atoms in total. The molecule has 0 aromatic carbocycles. The van der Waals surface area contributed by atoms with E-state index in [2.05, 4.69) is 10.3 Å². The third kappa shape index (κ3) is 4.90. The quantitative estimate of drug-likeness (QED) is 0.422. The molecule has 23 heavy (non-hydrogen) atoms. The van der Waals surface area contributed by atoms with Gasteiger partial charge in [-0.1, -0.05) is 13.8 Å². The van der Waals surface area contributed by atoms with Gasteiger partial charge in [-0.25, -0.2) is 14.6 Å². The Balaban J connectivity index is 3.24. The van der Waals surface area contributed by atoms with Crippen LogP contribution in [0.25, 0.3) is 0 Å². The van der Waals surface area contributed by atoms with E-state index in [0.717, 1.165) is 0 Å². The minimum absolute atomic E-state index is 0.0518. The van der Waals surface area contributed by atoms with E-state index < -0.39 is 28.6 Å². The third-order valence-corrected chi connectivity index (χ3v) is 2.92. The highest BCUT2D eigenvalue weighted by Gasteiger charge is 2.29. The number of rotatable bonds is 8. The summed E-state index contributed by atoms with van der Waals surface area (Å²) >= 11 is 0. The predicted molar refractivity (Wildman–Crippen MR) is 81.3 cm³/mol. The molecule has 126 valence electrons. The normalized spacial score (nSPS) is 11.8. The molecule has 0 fully saturated rings. The predicted octanol–water partition coefficient (Wildman–Crippen LogP) is 2.08. The van der Waals surface area contributed by atoms with Crippen LogP contribution in [0.3, 0.4) is 0 Å². The molecule has 0 aliphatic heterocycles. The number of pyridine rings is 1. The van der Waals surface area contributed by atoms with E-state index in [1.165, 1.54) is 12.3 Å². The van der Waals surface area contributed by atoms with Gasteiger partial charge in [0.25, 0.3) is 0 Å². The first-order chi connectivity index (χ1) is 10.8. The molecular weight excluding hydrogens is 306 g/mol. The minimum Gasteiger partial charge on any atom is -0.480 e. The summed E-state index contributed by atoms with van der Waals surface area (Å²) in [6.07, 6.45) is 1.44. The number of esters is 1. The lowest BCUT2D eigenvalue weighted by molar-refractivity contribution is -0.384. The smallest absolute Gasteiger partial charge is 0.345 e. The fourth-order valence-corrected chi connectivity index (χ4v) is 1.98. The number of ether oxygens (including phenoxy) is 1. The van der Waals surface area contributed by atoms with Crippen molar-refractivity contribution in [3.63, 3.8) is 0 Å². The van der Waals surface area contributed by atoms with E-state index in [0.29, 0.717) is 0 Å². The summed E-state index contributed by atoms with van der Waals surface area (Å²) in [5.41, 5.74) is -0.871. The summed E-state index contributed by atoms with van der Waals surface area (Å²) < 4.78 is 4.78. The number of hydrogen-bond donors (Lipinski definition) is 2. The van der Waals surface area contributed by atoms with Gasteiger partial charge in [-0.05, 0) is 25.3 Å². The van der Waals surface area contributed by atoms with E-state index >= 15 is 0 Å². The first-order valence-electron chi connectivity index (χ1n) is 7.07. The van der Waals surface area contributed by atoms with Crippen LogP contribution in [0, 0.1) is 16.0 Å². The van der Waals surface area contributed by atoms with Crippen LogP contribution >= 0.6 is 0 Å². The van der Waals surface area contributed by atoms with Gasteiger partial charge in [0.1, 0.15) is 11.6 Å². The van der Waals surface area contributed by atoms with Crippen LogP contribution in [0.1, 0.15) is 37.6 Å². The largest absolute Gasteiger partial charge is 0.480 e. The zero-order chi connectivity index (χ0) is 17.6. The zero-order valence-corrected chi connectivity index (χ0v) is 13.1. The molecule has 1 rings (SSSR count). The second-order valence-electron chi connectivity index (χ2n) is 5.20. The van der Waals surface area contributed by atoms with E-state index in [-0.39, 0.29) is 30.3 Å². The third-order valence-electron chi connectivity index (χ3n) is 2.92. The van der Waals surface area contributed by atoms with Crippen LogP contribution in [0.5, 0.6) is 0 Å². The van der Waals surface area contributed by atoms with Crippen molar-refractivity contribution in [3.05, 3.63) is 27.9 Å². The topological polar surface area (TPSA) is 132 Å². The molecule has 0 aliphatic carbocycles. The Bertz CT molecular complexity index is 602. The monoisotopic (exact) mass is 325 g/mol. The first kappa shape index (κ1) is 18.3. The van der Waals surface area contributed by atoms with Crippen LogP contribution in [0.2, 0.25) is 0 Å². The van der Waals surface area contributed by atoms with Gasteiger partial charge in [0, 0.05) is 6.20 Å². The lowest BCUT2D eigenvalue weighted by atomic mass is 10.0. The Kier molecular flexibility index (Phi) is 6.43. The van der Waals surface area contributed by atoms with Gasteiger partial charge in [-0.15, -0.1) is 0 Å². The first-order valence-corrected chi connectivity index (χ1v) is 7.07. The molecule has 0 saturated heterocycles. The second-order valence-corrected chi connectivity index (χ2v) is 5.20. The Morgan fingerprint density at radius 3 is 2.61 bits per heavy atom. The number of carbonyl (C=O) groups excluding carboxylic acids is 1. The van der Waals surface area contributed by atoms with Gasteiger partial charge in [0.2, 0.25) is 5.82 Å². The molecule has 1 unspecified atom stereocenters. The molecule has 1 aromatic heterocycles. The maximum atomic E-state index is 11.8. The lowest BCUT2D eigenvalue weighted by Gasteiger charge is -2.17. The highest BCUT2D eigenvalue weighted by molar-refractivity contribution is 5.96. The number of nitrogens with one attached hydrogen (secondary N) is 1. The van der Waals surface area contributed by atoms with Crippen molar-refractivity contribution in [2.24, 2.45) is 5.92 Å². The maximum Gasteiger partial charge on any atom is 0.345 e. The molecular formula is C14H19N3O6. The second kappa shape index (κ2) is 8.06. The standard InChI is InChI=1S/C14H19N3O6/c1-4-23-14(20)9-5-6-15-12(11(9)17(21)22)16-10(13(18)19)7-8(2)3/h5-6,8,10H,4,7H2,1-3H3,(H,15,16)(H,18,19). The zero-order valence-electron chi connectivity index (χ0n) is 13.1. The molecule has 0 bridgehead atoms. The number of carbonyl (C=O) groups is 2. The van der Waals surface area contributed by atoms with Gasteiger partial charge in [0.05, 0.1) is 11.5 Å². The average molecular weight is 325 g/mol. The highest BCUT2D eigenvalue weighted by atomic mass is 16.6. The summed E-state index contributed by atoms with van der Waals surface area (Å²) in [5.74, 6) is -2.23. The Morgan fingerprint density at radius 2 is 2.13 bits per heavy atom. The van der Waals surface area contributed by atoms with Crippen molar-refractivity contribution in [3.8, 4) is 0 Å². The molecule has 1 heterocycles. The van der Waals surface area contributed by atoms with E-state index in [1.807, 2.05) is 13.8 Å². The fraction of sp³-hybridized carbons (Fsp3) is 0.500. The van der Waals surface area contributed by atoms with E-state index in [4.69, 9.17) is 4.74 Å². The lowest BCUT2D eigenvalue weighted by Crippen LogP contribution is -2.31. The number of carboxylic acids is 1. The van der Waals surface area contributed by atoms with Crippen molar-refractivity contribution in [1.29, 1.82) is 0 Å². The molecule has 1 atom stereocenters. The van der Waals surface area contributed by atoms with Crippen molar-refractivity contribution in [2.75, 3.05) is 11.9 Å². The van der Waals surface area contributed by atoms with Crippen LogP contribution in [0.4, 0.5) is 11.5 Å². The Morgan fingerprint density at radius 1 is 1.48 bits per heavy atom. The number of carboxylic acid groups (broad SMARTS) is 1. The van der Waals surface area contributed by atoms with Gasteiger partial charge >= 0.3 is 17.6 Å². The van der Waals surface area contributed by atoms with Crippen molar-refractivity contribution >= 4 is 23.4 Å². The summed E-state index contributed by atoms with van der Waals surface area (Å²) in [5, 5.41) is 23.1. The molecule has 0 aliphatic rings. The molecule has 1 aromatic rings. The number of aromatic nitrogens is 1. The van der Waals surface area contributed by atoms with Gasteiger partial charge in [-0.3, -0.25) is 10.1 Å². The minimum atomic E-state index is -1.16. The van der Waals surface area contributed by atoms with Crippen LogP contribution in [-0.4, -0.2) is 39.6 Å². The van der Waals surface area contributed by atoms with Crippen molar-refractivity contribution < 1.29 is 24.4 Å². The summed E-state index contributed by atoms with van der Waals surface area (Å²) in [7, 11) is 0. The number of nitrogens with zero attached hydrogens (tertiary/aromatic N) is 2. The molecule has 0 saturated carbocycles. The maximum absolute atomic E-state index is 11.8. The van der Waals surface area contributed by atoms with Crippen LogP contribution in [0.15, 0.2) is 12.3 Å². The molecule has 0 spiro atoms. The molecule has 0 radical (unpaired) electrons. The SMILES string of the molecule is CCOC(=O)c1ccnc(NC(CC(C)C)C(=O)O)c1[N+](=O)[O-]. The van der Waals surface area contributed by atoms with Gasteiger partial charge in [0.15, 0.2) is 0 Å². The Hall–Kier alpha value is -2.71. The Labute approximate surface area is 132 Å². The van der Waals surface area contributed by atoms with Crippen LogP contribution in [-0.2, 0) is 9.53 Å². The number of anilines is 1. The number of hydrogen-bond acceptors (Lipinski definition) is 7. The van der Waals surface area contributed by atoms with E-state index in [1.54, 1.807) is 6.92 Å². The van der Waals surface area contributed by atoms with Crippen LogP contribution < -0.4 is 5.32 Å². The summed E-state index contributed by atoms with van der Waals surface area (Å²) in [6, 6.07) is 0.109. The molecule has 9 heteroatoms. The van der Waals surface area contributed by atoms with E-state index in [9.17, 15) is 24.8 Å². The highest BCUT2D eigenvalue weighted by Crippen LogP contribution is 2.28. The van der Waals surface area contributed by atoms with Crippen molar-refractivity contribution in [1.82, 2.24) is 4.98 Å². The van der Waals surface area contributed by atoms with Gasteiger partial charge < -0.3 is 15.2 Å². The summed E-state index contributed by atoms with van der Waals surface area (Å²) in [4.78, 5) is 37.4. The van der Waals surface area contributed by atoms with Gasteiger partial charge in [-0.2, -0.15) is 0 Å². The molecule has 0 amide bonds. The molecule has 2 N–H and O–H groups in total.